The second kappa shape index (κ2) is 8.87. The Hall–Kier alpha value is -1.62. The van der Waals surface area contributed by atoms with Crippen LogP contribution in [0.5, 0.6) is 0 Å². The average Bonchev–Trinajstić information content (AvgIpc) is 2.44. The number of nitrogens with one attached hydrogen (secondary N) is 1. The molecule has 0 aromatic heterocycles. The van der Waals surface area contributed by atoms with Crippen molar-refractivity contribution in [2.75, 3.05) is 19.6 Å². The van der Waals surface area contributed by atoms with Crippen LogP contribution in [0, 0.1) is 12.7 Å². The monoisotopic (exact) mass is 324 g/mol. The normalized spacial score (nSPS) is 11.4. The average molecular weight is 324 g/mol. The molecule has 23 heavy (non-hydrogen) atoms. The highest BCUT2D eigenvalue weighted by Gasteiger charge is 2.21. The van der Waals surface area contributed by atoms with E-state index >= 15 is 0 Å². The first-order valence-corrected chi connectivity index (χ1v) is 8.16. The molecule has 5 heteroatoms. The number of nitrogens with zero attached hydrogens (tertiary/aromatic N) is 1. The van der Waals surface area contributed by atoms with Crippen LogP contribution in [0.4, 0.5) is 9.18 Å². The highest BCUT2D eigenvalue weighted by molar-refractivity contribution is 5.68. The van der Waals surface area contributed by atoms with Crippen molar-refractivity contribution >= 4 is 6.09 Å². The molecular formula is C18H29FN2O2. The minimum absolute atomic E-state index is 0.187. The van der Waals surface area contributed by atoms with Crippen molar-refractivity contribution in [1.82, 2.24) is 10.2 Å². The third-order valence-corrected chi connectivity index (χ3v) is 3.26. The zero-order chi connectivity index (χ0) is 17.5. The lowest BCUT2D eigenvalue weighted by molar-refractivity contribution is 0.0252. The Morgan fingerprint density at radius 3 is 2.57 bits per heavy atom. The Labute approximate surface area is 139 Å². The number of carbonyl (C=O) groups is 1. The van der Waals surface area contributed by atoms with Crippen molar-refractivity contribution in [2.24, 2.45) is 0 Å². The van der Waals surface area contributed by atoms with E-state index in [1.807, 2.05) is 33.8 Å². The molecule has 0 unspecified atom stereocenters. The molecule has 1 rings (SSSR count). The second-order valence-corrected chi connectivity index (χ2v) is 6.73. The number of benzene rings is 1. The maximum Gasteiger partial charge on any atom is 0.410 e. The molecule has 0 fully saturated rings. The van der Waals surface area contributed by atoms with Gasteiger partial charge in [-0.25, -0.2) is 9.18 Å². The Morgan fingerprint density at radius 1 is 1.30 bits per heavy atom. The molecule has 0 atom stereocenters. The molecule has 0 spiro atoms. The molecule has 0 aliphatic rings. The molecule has 0 heterocycles. The summed E-state index contributed by atoms with van der Waals surface area (Å²) in [5, 5.41) is 3.28. The van der Waals surface area contributed by atoms with Crippen LogP contribution >= 0.6 is 0 Å². The molecule has 0 aliphatic carbocycles. The fraction of sp³-hybridized carbons (Fsp3) is 0.611. The first-order valence-electron chi connectivity index (χ1n) is 8.16. The Kier molecular flexibility index (Phi) is 7.49. The number of halogens is 1. The summed E-state index contributed by atoms with van der Waals surface area (Å²) < 4.78 is 18.6. The fourth-order valence-corrected chi connectivity index (χ4v) is 2.15. The van der Waals surface area contributed by atoms with Gasteiger partial charge < -0.3 is 15.0 Å². The van der Waals surface area contributed by atoms with Gasteiger partial charge in [-0.05, 0) is 51.3 Å². The molecular weight excluding hydrogens is 295 g/mol. The molecule has 0 saturated carbocycles. The SMILES string of the molecule is CCCN(CCNCc1ccc(F)c(C)c1)C(=O)OC(C)(C)C. The summed E-state index contributed by atoms with van der Waals surface area (Å²) in [5.41, 5.74) is 1.19. The van der Waals surface area contributed by atoms with Crippen LogP contribution in [0.2, 0.25) is 0 Å². The lowest BCUT2D eigenvalue weighted by Gasteiger charge is -2.27. The summed E-state index contributed by atoms with van der Waals surface area (Å²) >= 11 is 0. The van der Waals surface area contributed by atoms with Gasteiger partial charge in [0, 0.05) is 26.2 Å². The molecule has 0 bridgehead atoms. The van der Waals surface area contributed by atoms with E-state index in [1.54, 1.807) is 17.9 Å². The van der Waals surface area contributed by atoms with Gasteiger partial charge in [0.25, 0.3) is 0 Å². The smallest absolute Gasteiger partial charge is 0.410 e. The number of amides is 1. The number of hydrogen-bond donors (Lipinski definition) is 1. The van der Waals surface area contributed by atoms with Crippen LogP contribution in [-0.2, 0) is 11.3 Å². The lowest BCUT2D eigenvalue weighted by atomic mass is 10.1. The molecule has 130 valence electrons. The highest BCUT2D eigenvalue weighted by atomic mass is 19.1. The van der Waals surface area contributed by atoms with E-state index in [4.69, 9.17) is 4.74 Å². The van der Waals surface area contributed by atoms with E-state index < -0.39 is 5.60 Å². The molecule has 4 nitrogen and oxygen atoms in total. The third kappa shape index (κ3) is 7.46. The lowest BCUT2D eigenvalue weighted by Crippen LogP contribution is -2.40. The van der Waals surface area contributed by atoms with Gasteiger partial charge in [-0.15, -0.1) is 0 Å². The fourth-order valence-electron chi connectivity index (χ4n) is 2.15. The third-order valence-electron chi connectivity index (χ3n) is 3.26. The quantitative estimate of drug-likeness (QED) is 0.774. The highest BCUT2D eigenvalue weighted by Crippen LogP contribution is 2.11. The maximum atomic E-state index is 13.2. The van der Waals surface area contributed by atoms with Crippen molar-refractivity contribution < 1.29 is 13.9 Å². The van der Waals surface area contributed by atoms with Gasteiger partial charge in [0.1, 0.15) is 11.4 Å². The van der Waals surface area contributed by atoms with Gasteiger partial charge >= 0.3 is 6.09 Å². The van der Waals surface area contributed by atoms with E-state index in [1.165, 1.54) is 6.07 Å². The van der Waals surface area contributed by atoms with E-state index in [2.05, 4.69) is 5.32 Å². The number of ether oxygens (including phenoxy) is 1. The first kappa shape index (κ1) is 19.4. The van der Waals surface area contributed by atoms with Crippen LogP contribution in [-0.4, -0.2) is 36.2 Å². The summed E-state index contributed by atoms with van der Waals surface area (Å²) in [7, 11) is 0. The van der Waals surface area contributed by atoms with Crippen molar-refractivity contribution in [1.29, 1.82) is 0 Å². The summed E-state index contributed by atoms with van der Waals surface area (Å²) in [5.74, 6) is -0.187. The summed E-state index contributed by atoms with van der Waals surface area (Å²) in [6, 6.07) is 5.09. The molecule has 1 amide bonds. The molecule has 0 aliphatic heterocycles. The Balaban J connectivity index is 2.43. The zero-order valence-electron chi connectivity index (χ0n) is 14.9. The van der Waals surface area contributed by atoms with Gasteiger partial charge in [-0.1, -0.05) is 19.1 Å². The van der Waals surface area contributed by atoms with Gasteiger partial charge in [-0.2, -0.15) is 0 Å². The maximum absolute atomic E-state index is 13.2. The zero-order valence-corrected chi connectivity index (χ0v) is 14.9. The first-order chi connectivity index (χ1) is 10.7. The van der Waals surface area contributed by atoms with Crippen molar-refractivity contribution in [3.63, 3.8) is 0 Å². The van der Waals surface area contributed by atoms with E-state index in [0.29, 0.717) is 31.7 Å². The summed E-state index contributed by atoms with van der Waals surface area (Å²) in [4.78, 5) is 13.8. The van der Waals surface area contributed by atoms with Gasteiger partial charge in [0.15, 0.2) is 0 Å². The number of rotatable bonds is 7. The number of carbonyl (C=O) groups excluding carboxylic acids is 1. The summed E-state index contributed by atoms with van der Waals surface area (Å²) in [6.45, 7) is 12.0. The predicted octanol–water partition coefficient (Wildman–Crippen LogP) is 3.87. The van der Waals surface area contributed by atoms with Crippen LogP contribution in [0.3, 0.4) is 0 Å². The second-order valence-electron chi connectivity index (χ2n) is 6.73. The number of aryl methyl sites for hydroxylation is 1. The van der Waals surface area contributed by atoms with E-state index in [0.717, 1.165) is 12.0 Å². The van der Waals surface area contributed by atoms with Gasteiger partial charge in [0.2, 0.25) is 0 Å². The molecule has 1 aromatic carbocycles. The number of hydrogen-bond acceptors (Lipinski definition) is 3. The van der Waals surface area contributed by atoms with Crippen molar-refractivity contribution in [3.05, 3.63) is 35.1 Å². The van der Waals surface area contributed by atoms with E-state index in [9.17, 15) is 9.18 Å². The van der Waals surface area contributed by atoms with Crippen LogP contribution < -0.4 is 5.32 Å². The van der Waals surface area contributed by atoms with Crippen LogP contribution in [0.15, 0.2) is 18.2 Å². The Morgan fingerprint density at radius 2 is 2.00 bits per heavy atom. The minimum Gasteiger partial charge on any atom is -0.444 e. The molecule has 0 saturated heterocycles. The van der Waals surface area contributed by atoms with Crippen molar-refractivity contribution in [3.8, 4) is 0 Å². The topological polar surface area (TPSA) is 41.6 Å². The van der Waals surface area contributed by atoms with E-state index in [-0.39, 0.29) is 11.9 Å². The standard InChI is InChI=1S/C18H29FN2O2/c1-6-10-21(17(22)23-18(3,4)5)11-9-20-13-15-7-8-16(19)14(2)12-15/h7-8,12,20H,6,9-11,13H2,1-5H3. The summed E-state index contributed by atoms with van der Waals surface area (Å²) in [6.07, 6.45) is 0.606. The minimum atomic E-state index is -0.484. The molecule has 0 radical (unpaired) electrons. The van der Waals surface area contributed by atoms with Crippen molar-refractivity contribution in [2.45, 2.75) is 53.2 Å². The molecule has 1 aromatic rings. The predicted molar refractivity (Wildman–Crippen MR) is 90.9 cm³/mol. The van der Waals surface area contributed by atoms with Crippen LogP contribution in [0.25, 0.3) is 0 Å². The Bertz CT molecular complexity index is 512. The van der Waals surface area contributed by atoms with Gasteiger partial charge in [-0.3, -0.25) is 0 Å². The van der Waals surface area contributed by atoms with Gasteiger partial charge in [0.05, 0.1) is 0 Å². The largest absolute Gasteiger partial charge is 0.444 e. The van der Waals surface area contributed by atoms with Crippen LogP contribution in [0.1, 0.15) is 45.2 Å². The molecule has 1 N–H and O–H groups in total.